The van der Waals surface area contributed by atoms with E-state index in [2.05, 4.69) is 19.9 Å². The summed E-state index contributed by atoms with van der Waals surface area (Å²) in [4.78, 5) is 29.6. The van der Waals surface area contributed by atoms with E-state index >= 15 is 0 Å². The van der Waals surface area contributed by atoms with Crippen molar-refractivity contribution in [1.29, 1.82) is 0 Å². The second-order valence-electron chi connectivity index (χ2n) is 4.94. The summed E-state index contributed by atoms with van der Waals surface area (Å²) >= 11 is 0. The van der Waals surface area contributed by atoms with E-state index in [1.54, 1.807) is 19.4 Å². The van der Waals surface area contributed by atoms with Gasteiger partial charge in [0.05, 0.1) is 26.1 Å². The summed E-state index contributed by atoms with van der Waals surface area (Å²) in [7, 11) is 1.31. The van der Waals surface area contributed by atoms with Gasteiger partial charge in [-0.1, -0.05) is 0 Å². The Balaban J connectivity index is 1.92. The van der Waals surface area contributed by atoms with Crippen LogP contribution in [0.25, 0.3) is 0 Å². The van der Waals surface area contributed by atoms with E-state index in [9.17, 15) is 9.59 Å². The minimum Gasteiger partial charge on any atom is -0.467 e. The molecule has 2 unspecified atom stereocenters. The molecule has 1 fully saturated rings. The third-order valence-corrected chi connectivity index (χ3v) is 3.48. The number of carbonyl (C=O) groups is 2. The molecule has 2 atom stereocenters. The number of aromatic nitrogens is 2. The standard InChI is InChI=1S/C13H20N4O3/c1-10(13(19)20-2)15-12(18)11-4-3-6-17(11)9-16-7-5-14-8-16/h5,7-8,10-11H,3-4,6,9H2,1-2H3,(H,15,18). The Labute approximate surface area is 117 Å². The maximum Gasteiger partial charge on any atom is 0.328 e. The number of imidazole rings is 1. The maximum absolute atomic E-state index is 12.2. The molecule has 1 amide bonds. The predicted molar refractivity (Wildman–Crippen MR) is 71.6 cm³/mol. The highest BCUT2D eigenvalue weighted by Crippen LogP contribution is 2.18. The van der Waals surface area contributed by atoms with Gasteiger partial charge >= 0.3 is 5.97 Å². The van der Waals surface area contributed by atoms with Crippen molar-refractivity contribution in [3.63, 3.8) is 0 Å². The molecule has 0 radical (unpaired) electrons. The Kier molecular flexibility index (Phi) is 4.73. The fraction of sp³-hybridized carbons (Fsp3) is 0.615. The zero-order valence-corrected chi connectivity index (χ0v) is 11.8. The van der Waals surface area contributed by atoms with Gasteiger partial charge in [-0.05, 0) is 19.8 Å². The smallest absolute Gasteiger partial charge is 0.328 e. The molecule has 1 saturated heterocycles. The van der Waals surface area contributed by atoms with E-state index < -0.39 is 12.0 Å². The molecule has 20 heavy (non-hydrogen) atoms. The molecule has 2 heterocycles. The van der Waals surface area contributed by atoms with E-state index in [1.165, 1.54) is 7.11 Å². The zero-order chi connectivity index (χ0) is 14.5. The van der Waals surface area contributed by atoms with Crippen LogP contribution in [0.5, 0.6) is 0 Å². The lowest BCUT2D eigenvalue weighted by Crippen LogP contribution is -2.48. The number of hydrogen-bond acceptors (Lipinski definition) is 5. The van der Waals surface area contributed by atoms with Crippen molar-refractivity contribution in [2.75, 3.05) is 13.7 Å². The van der Waals surface area contributed by atoms with E-state index in [0.717, 1.165) is 19.4 Å². The molecule has 0 aromatic carbocycles. The Hall–Kier alpha value is -1.89. The molecule has 7 heteroatoms. The van der Waals surface area contributed by atoms with E-state index in [0.29, 0.717) is 6.67 Å². The van der Waals surface area contributed by atoms with Crippen LogP contribution in [0.4, 0.5) is 0 Å². The van der Waals surface area contributed by atoms with Gasteiger partial charge in [-0.2, -0.15) is 0 Å². The van der Waals surface area contributed by atoms with Gasteiger partial charge in [0.2, 0.25) is 5.91 Å². The monoisotopic (exact) mass is 280 g/mol. The molecule has 110 valence electrons. The lowest BCUT2D eigenvalue weighted by atomic mass is 10.2. The number of ether oxygens (including phenoxy) is 1. The Morgan fingerprint density at radius 2 is 2.35 bits per heavy atom. The Bertz CT molecular complexity index is 460. The third-order valence-electron chi connectivity index (χ3n) is 3.48. The van der Waals surface area contributed by atoms with Crippen LogP contribution >= 0.6 is 0 Å². The fourth-order valence-corrected chi connectivity index (χ4v) is 2.42. The van der Waals surface area contributed by atoms with Crippen molar-refractivity contribution in [3.8, 4) is 0 Å². The number of hydrogen-bond donors (Lipinski definition) is 1. The topological polar surface area (TPSA) is 76.5 Å². The highest BCUT2D eigenvalue weighted by molar-refractivity contribution is 5.87. The van der Waals surface area contributed by atoms with Crippen molar-refractivity contribution in [2.24, 2.45) is 0 Å². The predicted octanol–water partition coefficient (Wildman–Crippen LogP) is -0.0173. The molecule has 2 rings (SSSR count). The van der Waals surface area contributed by atoms with Gasteiger partial charge in [0.1, 0.15) is 6.04 Å². The summed E-state index contributed by atoms with van der Waals surface area (Å²) in [6.45, 7) is 3.12. The van der Waals surface area contributed by atoms with E-state index in [-0.39, 0.29) is 11.9 Å². The van der Waals surface area contributed by atoms with Crippen LogP contribution in [0.2, 0.25) is 0 Å². The summed E-state index contributed by atoms with van der Waals surface area (Å²) in [5.41, 5.74) is 0. The number of nitrogens with zero attached hydrogens (tertiary/aromatic N) is 3. The molecule has 1 aliphatic heterocycles. The highest BCUT2D eigenvalue weighted by atomic mass is 16.5. The molecule has 7 nitrogen and oxygen atoms in total. The van der Waals surface area contributed by atoms with Gasteiger partial charge < -0.3 is 14.6 Å². The molecule has 1 N–H and O–H groups in total. The first-order chi connectivity index (χ1) is 9.61. The molecule has 0 aliphatic carbocycles. The quantitative estimate of drug-likeness (QED) is 0.767. The zero-order valence-electron chi connectivity index (χ0n) is 11.8. The number of amides is 1. The average molecular weight is 280 g/mol. The van der Waals surface area contributed by atoms with Crippen molar-refractivity contribution in [2.45, 2.75) is 38.5 Å². The molecule has 0 bridgehead atoms. The number of carbonyl (C=O) groups excluding carboxylic acids is 2. The molecular weight excluding hydrogens is 260 g/mol. The van der Waals surface area contributed by atoms with E-state index in [1.807, 2.05) is 10.8 Å². The summed E-state index contributed by atoms with van der Waals surface area (Å²) < 4.78 is 6.53. The lowest BCUT2D eigenvalue weighted by Gasteiger charge is -2.24. The van der Waals surface area contributed by atoms with Crippen molar-refractivity contribution >= 4 is 11.9 Å². The average Bonchev–Trinajstić information content (AvgIpc) is 3.09. The summed E-state index contributed by atoms with van der Waals surface area (Å²) in [6.07, 6.45) is 7.08. The van der Waals surface area contributed by atoms with Crippen LogP contribution in [-0.4, -0.2) is 52.1 Å². The first-order valence-corrected chi connectivity index (χ1v) is 6.70. The summed E-state index contributed by atoms with van der Waals surface area (Å²) in [5.74, 6) is -0.557. The minimum absolute atomic E-state index is 0.125. The minimum atomic E-state index is -0.622. The number of rotatable bonds is 5. The number of esters is 1. The Morgan fingerprint density at radius 3 is 3.00 bits per heavy atom. The van der Waals surface area contributed by atoms with Crippen molar-refractivity contribution < 1.29 is 14.3 Å². The number of nitrogens with one attached hydrogen (secondary N) is 1. The number of methoxy groups -OCH3 is 1. The van der Waals surface area contributed by atoms with Gasteiger partial charge in [0.25, 0.3) is 0 Å². The lowest BCUT2D eigenvalue weighted by molar-refractivity contribution is -0.145. The molecule has 1 aromatic heterocycles. The van der Waals surface area contributed by atoms with Crippen molar-refractivity contribution in [1.82, 2.24) is 19.8 Å². The van der Waals surface area contributed by atoms with Crippen LogP contribution < -0.4 is 5.32 Å². The summed E-state index contributed by atoms with van der Waals surface area (Å²) in [6, 6.07) is -0.826. The number of likely N-dealkylation sites (tertiary alicyclic amines) is 1. The normalized spacial score (nSPS) is 20.6. The highest BCUT2D eigenvalue weighted by Gasteiger charge is 2.32. The first kappa shape index (κ1) is 14.5. The van der Waals surface area contributed by atoms with Gasteiger partial charge in [-0.3, -0.25) is 9.69 Å². The van der Waals surface area contributed by atoms with Crippen LogP contribution in [0.3, 0.4) is 0 Å². The maximum atomic E-state index is 12.2. The SMILES string of the molecule is COC(=O)C(C)NC(=O)C1CCCN1Cn1ccnc1. The Morgan fingerprint density at radius 1 is 1.55 bits per heavy atom. The fourth-order valence-electron chi connectivity index (χ4n) is 2.42. The third kappa shape index (κ3) is 3.36. The summed E-state index contributed by atoms with van der Waals surface area (Å²) in [5, 5.41) is 2.70. The first-order valence-electron chi connectivity index (χ1n) is 6.70. The van der Waals surface area contributed by atoms with Gasteiger partial charge in [0, 0.05) is 18.9 Å². The van der Waals surface area contributed by atoms with Gasteiger partial charge in [-0.15, -0.1) is 0 Å². The van der Waals surface area contributed by atoms with E-state index in [4.69, 9.17) is 0 Å². The van der Waals surface area contributed by atoms with Crippen LogP contribution in [-0.2, 0) is 21.0 Å². The molecule has 1 aliphatic rings. The van der Waals surface area contributed by atoms with Crippen LogP contribution in [0.15, 0.2) is 18.7 Å². The van der Waals surface area contributed by atoms with Crippen molar-refractivity contribution in [3.05, 3.63) is 18.7 Å². The largest absolute Gasteiger partial charge is 0.467 e. The molecule has 0 spiro atoms. The molecule has 0 saturated carbocycles. The van der Waals surface area contributed by atoms with Crippen LogP contribution in [0.1, 0.15) is 19.8 Å². The molecular formula is C13H20N4O3. The molecule has 1 aromatic rings. The van der Waals surface area contributed by atoms with Crippen LogP contribution in [0, 0.1) is 0 Å². The van der Waals surface area contributed by atoms with Gasteiger partial charge in [0.15, 0.2) is 0 Å². The van der Waals surface area contributed by atoms with Gasteiger partial charge in [-0.25, -0.2) is 9.78 Å². The second-order valence-corrected chi connectivity index (χ2v) is 4.94. The second kappa shape index (κ2) is 6.51.